The SMILES string of the molecule is CCC1(C)CC(NC(=O)c2cccc(C(=O)OC)c2)C(C)C(C)(CC)N1OC(C)c1ccccc1. The lowest BCUT2D eigenvalue weighted by Gasteiger charge is -2.60. The van der Waals surface area contributed by atoms with Gasteiger partial charge in [-0.3, -0.25) is 9.63 Å². The van der Waals surface area contributed by atoms with Gasteiger partial charge in [0.15, 0.2) is 0 Å². The largest absolute Gasteiger partial charge is 0.465 e. The molecule has 6 nitrogen and oxygen atoms in total. The van der Waals surface area contributed by atoms with Crippen molar-refractivity contribution in [3.8, 4) is 0 Å². The van der Waals surface area contributed by atoms with Crippen LogP contribution in [-0.4, -0.2) is 41.2 Å². The zero-order valence-corrected chi connectivity index (χ0v) is 22.1. The van der Waals surface area contributed by atoms with Crippen molar-refractivity contribution in [2.24, 2.45) is 5.92 Å². The number of amides is 1. The predicted octanol–water partition coefficient (Wildman–Crippen LogP) is 5.94. The molecule has 0 radical (unpaired) electrons. The molecule has 3 rings (SSSR count). The van der Waals surface area contributed by atoms with Gasteiger partial charge in [0, 0.05) is 22.7 Å². The van der Waals surface area contributed by atoms with Gasteiger partial charge in [0.25, 0.3) is 5.91 Å². The molecule has 1 N–H and O–H groups in total. The summed E-state index contributed by atoms with van der Waals surface area (Å²) >= 11 is 0. The summed E-state index contributed by atoms with van der Waals surface area (Å²) in [4.78, 5) is 31.9. The lowest BCUT2D eigenvalue weighted by molar-refractivity contribution is -0.327. The average Bonchev–Trinajstić information content (AvgIpc) is 2.89. The number of ether oxygens (including phenoxy) is 1. The van der Waals surface area contributed by atoms with E-state index >= 15 is 0 Å². The number of hydroxylamine groups is 2. The number of esters is 1. The van der Waals surface area contributed by atoms with E-state index in [1.54, 1.807) is 24.3 Å². The molecule has 6 heteroatoms. The number of hydrogen-bond donors (Lipinski definition) is 1. The van der Waals surface area contributed by atoms with E-state index in [0.717, 1.165) is 24.8 Å². The molecule has 0 aromatic heterocycles. The number of carbonyl (C=O) groups excluding carboxylic acids is 2. The summed E-state index contributed by atoms with van der Waals surface area (Å²) in [5.74, 6) is -0.512. The molecule has 1 saturated heterocycles. The van der Waals surface area contributed by atoms with Crippen LogP contribution in [0.2, 0.25) is 0 Å². The second-order valence-electron chi connectivity index (χ2n) is 10.2. The van der Waals surface area contributed by atoms with Crippen molar-refractivity contribution in [1.82, 2.24) is 10.4 Å². The van der Waals surface area contributed by atoms with Gasteiger partial charge in [-0.1, -0.05) is 57.2 Å². The fraction of sp³-hybridized carbons (Fsp3) is 0.517. The molecule has 1 aliphatic rings. The molecule has 1 aliphatic heterocycles. The molecule has 5 unspecified atom stereocenters. The summed E-state index contributed by atoms with van der Waals surface area (Å²) in [6.07, 6.45) is 2.41. The van der Waals surface area contributed by atoms with E-state index < -0.39 is 5.97 Å². The van der Waals surface area contributed by atoms with Crippen LogP contribution in [0.1, 0.15) is 93.2 Å². The van der Waals surface area contributed by atoms with E-state index in [9.17, 15) is 9.59 Å². The van der Waals surface area contributed by atoms with Gasteiger partial charge in [0.05, 0.1) is 12.7 Å². The summed E-state index contributed by atoms with van der Waals surface area (Å²) in [7, 11) is 1.34. The molecule has 2 aromatic carbocycles. The molecule has 2 aromatic rings. The molecular formula is C29H40N2O4. The van der Waals surface area contributed by atoms with Crippen molar-refractivity contribution in [2.45, 2.75) is 84.0 Å². The second-order valence-corrected chi connectivity index (χ2v) is 10.2. The summed E-state index contributed by atoms with van der Waals surface area (Å²) in [5.41, 5.74) is 1.39. The molecule has 1 heterocycles. The molecular weight excluding hydrogens is 440 g/mol. The maximum Gasteiger partial charge on any atom is 0.337 e. The maximum absolute atomic E-state index is 13.3. The van der Waals surface area contributed by atoms with Gasteiger partial charge in [0.2, 0.25) is 0 Å². The van der Waals surface area contributed by atoms with Crippen LogP contribution < -0.4 is 5.32 Å². The maximum atomic E-state index is 13.3. The van der Waals surface area contributed by atoms with Gasteiger partial charge in [-0.2, -0.15) is 5.06 Å². The second kappa shape index (κ2) is 10.9. The third-order valence-electron chi connectivity index (χ3n) is 8.07. The van der Waals surface area contributed by atoms with E-state index in [2.05, 4.69) is 64.1 Å². The number of nitrogens with one attached hydrogen (secondary N) is 1. The molecule has 35 heavy (non-hydrogen) atoms. The minimum atomic E-state index is -0.455. The summed E-state index contributed by atoms with van der Waals surface area (Å²) < 4.78 is 4.81. The predicted molar refractivity (Wildman–Crippen MR) is 138 cm³/mol. The molecule has 1 fully saturated rings. The van der Waals surface area contributed by atoms with E-state index in [1.165, 1.54) is 7.11 Å². The average molecular weight is 481 g/mol. The van der Waals surface area contributed by atoms with Gasteiger partial charge in [0.1, 0.15) is 6.10 Å². The van der Waals surface area contributed by atoms with Crippen LogP contribution in [0.3, 0.4) is 0 Å². The first-order valence-electron chi connectivity index (χ1n) is 12.6. The van der Waals surface area contributed by atoms with Crippen LogP contribution in [0, 0.1) is 5.92 Å². The number of nitrogens with zero attached hydrogens (tertiary/aromatic N) is 1. The van der Waals surface area contributed by atoms with Gasteiger partial charge in [-0.05, 0) is 69.7 Å². The minimum absolute atomic E-state index is 0.0499. The topological polar surface area (TPSA) is 67.9 Å². The van der Waals surface area contributed by atoms with Crippen LogP contribution in [0.15, 0.2) is 54.6 Å². The Labute approximate surface area is 210 Å². The highest BCUT2D eigenvalue weighted by Gasteiger charge is 2.54. The third-order valence-corrected chi connectivity index (χ3v) is 8.07. The van der Waals surface area contributed by atoms with Gasteiger partial charge >= 0.3 is 5.97 Å². The van der Waals surface area contributed by atoms with Gasteiger partial charge < -0.3 is 10.1 Å². The van der Waals surface area contributed by atoms with Crippen LogP contribution >= 0.6 is 0 Å². The number of benzene rings is 2. The zero-order valence-electron chi connectivity index (χ0n) is 22.1. The Balaban J connectivity index is 1.86. The first-order valence-corrected chi connectivity index (χ1v) is 12.6. The number of rotatable bonds is 8. The van der Waals surface area contributed by atoms with Crippen molar-refractivity contribution in [1.29, 1.82) is 0 Å². The van der Waals surface area contributed by atoms with Crippen LogP contribution in [-0.2, 0) is 9.57 Å². The fourth-order valence-corrected chi connectivity index (χ4v) is 5.25. The first-order chi connectivity index (χ1) is 16.6. The van der Waals surface area contributed by atoms with Crippen molar-refractivity contribution >= 4 is 11.9 Å². The number of methoxy groups -OCH3 is 1. The zero-order chi connectivity index (χ0) is 25.8. The monoisotopic (exact) mass is 480 g/mol. The highest BCUT2D eigenvalue weighted by molar-refractivity contribution is 5.98. The molecule has 0 spiro atoms. The lowest BCUT2D eigenvalue weighted by atomic mass is 9.68. The van der Waals surface area contributed by atoms with Crippen LogP contribution in [0.4, 0.5) is 0 Å². The normalized spacial score (nSPS) is 27.7. The molecule has 0 bridgehead atoms. The van der Waals surface area contributed by atoms with E-state index in [1.807, 2.05) is 18.2 Å². The Morgan fingerprint density at radius 3 is 2.31 bits per heavy atom. The summed E-state index contributed by atoms with van der Waals surface area (Å²) in [6.45, 7) is 13.1. The molecule has 5 atom stereocenters. The highest BCUT2D eigenvalue weighted by atomic mass is 16.7. The minimum Gasteiger partial charge on any atom is -0.465 e. The smallest absolute Gasteiger partial charge is 0.337 e. The van der Waals surface area contributed by atoms with E-state index in [-0.39, 0.29) is 35.0 Å². The Hall–Kier alpha value is -2.70. The first kappa shape index (κ1) is 26.9. The number of piperidine rings is 1. The van der Waals surface area contributed by atoms with Gasteiger partial charge in [-0.25, -0.2) is 4.79 Å². The molecule has 0 saturated carbocycles. The van der Waals surface area contributed by atoms with Crippen molar-refractivity contribution in [3.05, 3.63) is 71.3 Å². The van der Waals surface area contributed by atoms with Crippen LogP contribution in [0.25, 0.3) is 0 Å². The van der Waals surface area contributed by atoms with Gasteiger partial charge in [-0.15, -0.1) is 0 Å². The molecule has 0 aliphatic carbocycles. The summed E-state index contributed by atoms with van der Waals surface area (Å²) in [6, 6.07) is 16.9. The number of hydrogen-bond acceptors (Lipinski definition) is 5. The standard InChI is InChI=1S/C29H40N2O4/c1-8-28(5)19-25(30-26(32)23-16-13-17-24(18-23)27(33)34-7)20(3)29(6,9-2)31(28)35-21(4)22-14-11-10-12-15-22/h10-18,20-21,25H,8-9,19H2,1-7H3,(H,30,32). The Morgan fingerprint density at radius 2 is 1.71 bits per heavy atom. The van der Waals surface area contributed by atoms with Crippen molar-refractivity contribution in [3.63, 3.8) is 0 Å². The van der Waals surface area contributed by atoms with E-state index in [0.29, 0.717) is 11.1 Å². The number of carbonyl (C=O) groups is 2. The lowest BCUT2D eigenvalue weighted by Crippen LogP contribution is -2.70. The van der Waals surface area contributed by atoms with Crippen molar-refractivity contribution in [2.75, 3.05) is 7.11 Å². The van der Waals surface area contributed by atoms with E-state index in [4.69, 9.17) is 9.57 Å². The molecule has 1 amide bonds. The Bertz CT molecular complexity index is 1030. The quantitative estimate of drug-likeness (QED) is 0.473. The van der Waals surface area contributed by atoms with Crippen LogP contribution in [0.5, 0.6) is 0 Å². The Kier molecular flexibility index (Phi) is 8.39. The third kappa shape index (κ3) is 5.44. The highest BCUT2D eigenvalue weighted by Crippen LogP contribution is 2.47. The summed E-state index contributed by atoms with van der Waals surface area (Å²) in [5, 5.41) is 5.51. The Morgan fingerprint density at radius 1 is 1.06 bits per heavy atom. The molecule has 190 valence electrons. The fourth-order valence-electron chi connectivity index (χ4n) is 5.25. The van der Waals surface area contributed by atoms with Crippen molar-refractivity contribution < 1.29 is 19.2 Å².